The van der Waals surface area contributed by atoms with Gasteiger partial charge in [-0.15, -0.1) is 0 Å². The zero-order valence-corrected chi connectivity index (χ0v) is 11.2. The van der Waals surface area contributed by atoms with Crippen molar-refractivity contribution in [1.29, 1.82) is 5.26 Å². The molecule has 0 aliphatic heterocycles. The van der Waals surface area contributed by atoms with Gasteiger partial charge in [-0.1, -0.05) is 13.8 Å². The van der Waals surface area contributed by atoms with E-state index in [4.69, 9.17) is 10.00 Å². The molecule has 0 aromatic heterocycles. The number of aliphatic hydroxyl groups is 1. The summed E-state index contributed by atoms with van der Waals surface area (Å²) in [5.74, 6) is 0.262. The standard InChI is InChI=1S/C12H22N2O3/c1-8(2)6-9(10(15)7-13)14-11(16)17-12(3,4)5/h8-10,15H,6H2,1-5H3,(H,14,16)/t9-,10+/m0/s1. The lowest BCUT2D eigenvalue weighted by atomic mass is 10.00. The maximum absolute atomic E-state index is 11.5. The van der Waals surface area contributed by atoms with Gasteiger partial charge in [0.25, 0.3) is 0 Å². The summed E-state index contributed by atoms with van der Waals surface area (Å²) in [7, 11) is 0. The largest absolute Gasteiger partial charge is 0.444 e. The highest BCUT2D eigenvalue weighted by molar-refractivity contribution is 5.68. The Hall–Kier alpha value is -1.28. The highest BCUT2D eigenvalue weighted by atomic mass is 16.6. The number of carbonyl (C=O) groups is 1. The monoisotopic (exact) mass is 242 g/mol. The molecule has 0 fully saturated rings. The second-order valence-electron chi connectivity index (χ2n) is 5.46. The highest BCUT2D eigenvalue weighted by Crippen LogP contribution is 2.11. The van der Waals surface area contributed by atoms with Gasteiger partial charge in [-0.05, 0) is 33.1 Å². The number of ether oxygens (including phenoxy) is 1. The molecule has 0 aliphatic rings. The number of rotatable bonds is 4. The normalized spacial score (nSPS) is 14.9. The van der Waals surface area contributed by atoms with E-state index in [9.17, 15) is 9.90 Å². The fourth-order valence-corrected chi connectivity index (χ4v) is 1.32. The molecular formula is C12H22N2O3. The van der Waals surface area contributed by atoms with Gasteiger partial charge in [0.1, 0.15) is 5.60 Å². The van der Waals surface area contributed by atoms with Gasteiger partial charge in [-0.2, -0.15) is 5.26 Å². The molecule has 98 valence electrons. The summed E-state index contributed by atoms with van der Waals surface area (Å²) >= 11 is 0. The molecule has 2 atom stereocenters. The minimum absolute atomic E-state index is 0.262. The van der Waals surface area contributed by atoms with Crippen molar-refractivity contribution in [3.8, 4) is 6.07 Å². The molecule has 2 N–H and O–H groups in total. The molecule has 0 heterocycles. The first-order valence-corrected chi connectivity index (χ1v) is 5.73. The van der Waals surface area contributed by atoms with Crippen LogP contribution >= 0.6 is 0 Å². The minimum atomic E-state index is -1.22. The Morgan fingerprint density at radius 2 is 2.00 bits per heavy atom. The van der Waals surface area contributed by atoms with Gasteiger partial charge >= 0.3 is 6.09 Å². The molecular weight excluding hydrogens is 220 g/mol. The van der Waals surface area contributed by atoms with Gasteiger partial charge in [-0.3, -0.25) is 0 Å². The molecule has 5 heteroatoms. The van der Waals surface area contributed by atoms with E-state index >= 15 is 0 Å². The van der Waals surface area contributed by atoms with Crippen LogP contribution in [0.4, 0.5) is 4.79 Å². The Balaban J connectivity index is 4.44. The highest BCUT2D eigenvalue weighted by Gasteiger charge is 2.24. The van der Waals surface area contributed by atoms with Crippen LogP contribution < -0.4 is 5.32 Å². The van der Waals surface area contributed by atoms with Gasteiger partial charge < -0.3 is 15.2 Å². The number of hydrogen-bond acceptors (Lipinski definition) is 4. The topological polar surface area (TPSA) is 82.3 Å². The molecule has 0 saturated carbocycles. The molecule has 5 nitrogen and oxygen atoms in total. The molecule has 0 aromatic rings. The first-order valence-electron chi connectivity index (χ1n) is 5.73. The van der Waals surface area contributed by atoms with Crippen LogP contribution in [0.5, 0.6) is 0 Å². The molecule has 0 bridgehead atoms. The van der Waals surface area contributed by atoms with Crippen molar-refractivity contribution in [1.82, 2.24) is 5.32 Å². The second-order valence-corrected chi connectivity index (χ2v) is 5.46. The van der Waals surface area contributed by atoms with Gasteiger partial charge in [-0.25, -0.2) is 4.79 Å². The predicted molar refractivity (Wildman–Crippen MR) is 64.2 cm³/mol. The van der Waals surface area contributed by atoms with E-state index in [2.05, 4.69) is 5.32 Å². The average Bonchev–Trinajstić information content (AvgIpc) is 2.11. The van der Waals surface area contributed by atoms with Crippen molar-refractivity contribution in [2.24, 2.45) is 5.92 Å². The summed E-state index contributed by atoms with van der Waals surface area (Å²) in [6.45, 7) is 9.17. The smallest absolute Gasteiger partial charge is 0.407 e. The average molecular weight is 242 g/mol. The summed E-state index contributed by atoms with van der Waals surface area (Å²) in [6, 6.07) is 1.12. The molecule has 0 spiro atoms. The molecule has 0 saturated heterocycles. The number of hydrogen-bond donors (Lipinski definition) is 2. The Kier molecular flexibility index (Phi) is 5.97. The number of amides is 1. The van der Waals surface area contributed by atoms with Crippen LogP contribution in [-0.4, -0.2) is 28.9 Å². The fourth-order valence-electron chi connectivity index (χ4n) is 1.32. The molecule has 0 rings (SSSR count). The van der Waals surface area contributed by atoms with E-state index in [0.29, 0.717) is 6.42 Å². The van der Waals surface area contributed by atoms with E-state index in [1.54, 1.807) is 26.8 Å². The van der Waals surface area contributed by atoms with E-state index in [1.807, 2.05) is 13.8 Å². The second kappa shape index (κ2) is 6.45. The zero-order valence-electron chi connectivity index (χ0n) is 11.2. The third kappa shape index (κ3) is 7.58. The maximum Gasteiger partial charge on any atom is 0.407 e. The number of nitrogens with zero attached hydrogens (tertiary/aromatic N) is 1. The number of carbonyl (C=O) groups excluding carboxylic acids is 1. The summed E-state index contributed by atoms with van der Waals surface area (Å²) in [4.78, 5) is 11.5. The van der Waals surface area contributed by atoms with Crippen molar-refractivity contribution < 1.29 is 14.6 Å². The Morgan fingerprint density at radius 3 is 2.35 bits per heavy atom. The van der Waals surface area contributed by atoms with Crippen LogP contribution in [0, 0.1) is 17.2 Å². The molecule has 0 aliphatic carbocycles. The lowest BCUT2D eigenvalue weighted by Crippen LogP contribution is -2.45. The lowest BCUT2D eigenvalue weighted by Gasteiger charge is -2.25. The Morgan fingerprint density at radius 1 is 1.47 bits per heavy atom. The van der Waals surface area contributed by atoms with Crippen LogP contribution in [0.3, 0.4) is 0 Å². The first-order chi connectivity index (χ1) is 7.65. The van der Waals surface area contributed by atoms with E-state index < -0.39 is 23.8 Å². The van der Waals surface area contributed by atoms with Gasteiger partial charge in [0.2, 0.25) is 0 Å². The van der Waals surface area contributed by atoms with Crippen LogP contribution in [0.15, 0.2) is 0 Å². The van der Waals surface area contributed by atoms with Crippen molar-refractivity contribution in [2.45, 2.75) is 58.8 Å². The predicted octanol–water partition coefficient (Wildman–Crippen LogP) is 1.81. The van der Waals surface area contributed by atoms with E-state index in [1.165, 1.54) is 0 Å². The van der Waals surface area contributed by atoms with Crippen molar-refractivity contribution >= 4 is 6.09 Å². The Bertz CT molecular complexity index is 289. The van der Waals surface area contributed by atoms with Crippen molar-refractivity contribution in [2.75, 3.05) is 0 Å². The SMILES string of the molecule is CC(C)C[C@H](NC(=O)OC(C)(C)C)[C@H](O)C#N. The first kappa shape index (κ1) is 15.7. The van der Waals surface area contributed by atoms with Gasteiger partial charge in [0.15, 0.2) is 6.10 Å². The third-order valence-corrected chi connectivity index (χ3v) is 1.94. The van der Waals surface area contributed by atoms with Crippen LogP contribution in [-0.2, 0) is 4.74 Å². The van der Waals surface area contributed by atoms with Crippen molar-refractivity contribution in [3.05, 3.63) is 0 Å². The number of aliphatic hydroxyl groups excluding tert-OH is 1. The molecule has 1 amide bonds. The summed E-state index contributed by atoms with van der Waals surface area (Å²) in [6.07, 6.45) is -1.31. The summed E-state index contributed by atoms with van der Waals surface area (Å²) in [5, 5.41) is 20.7. The van der Waals surface area contributed by atoms with Gasteiger partial charge in [0.05, 0.1) is 12.1 Å². The van der Waals surface area contributed by atoms with Gasteiger partial charge in [0, 0.05) is 0 Å². The third-order valence-electron chi connectivity index (χ3n) is 1.94. The van der Waals surface area contributed by atoms with Crippen molar-refractivity contribution in [3.63, 3.8) is 0 Å². The minimum Gasteiger partial charge on any atom is -0.444 e. The summed E-state index contributed by atoms with van der Waals surface area (Å²) < 4.78 is 5.07. The molecule has 17 heavy (non-hydrogen) atoms. The van der Waals surface area contributed by atoms with E-state index in [-0.39, 0.29) is 5.92 Å². The maximum atomic E-state index is 11.5. The summed E-state index contributed by atoms with van der Waals surface area (Å²) in [5.41, 5.74) is -0.593. The Labute approximate surface area is 103 Å². The molecule has 0 unspecified atom stereocenters. The number of nitriles is 1. The zero-order chi connectivity index (χ0) is 13.6. The molecule has 0 radical (unpaired) electrons. The number of alkyl carbamates (subject to hydrolysis) is 1. The van der Waals surface area contributed by atoms with Crippen LogP contribution in [0.2, 0.25) is 0 Å². The number of nitrogens with one attached hydrogen (secondary N) is 1. The van der Waals surface area contributed by atoms with Crippen LogP contribution in [0.1, 0.15) is 41.0 Å². The molecule has 0 aromatic carbocycles. The van der Waals surface area contributed by atoms with Crippen LogP contribution in [0.25, 0.3) is 0 Å². The lowest BCUT2D eigenvalue weighted by molar-refractivity contribution is 0.0446. The van der Waals surface area contributed by atoms with E-state index in [0.717, 1.165) is 0 Å². The fraction of sp³-hybridized carbons (Fsp3) is 0.833. The quantitative estimate of drug-likeness (QED) is 0.736.